The Labute approximate surface area is 118 Å². The molecule has 110 valence electrons. The summed E-state index contributed by atoms with van der Waals surface area (Å²) < 4.78 is 19.1. The molecule has 1 aromatic rings. The van der Waals surface area contributed by atoms with Crippen molar-refractivity contribution >= 4 is 11.7 Å². The standard InChI is InChI=1S/C14H20FN3O2/c1-10(2)9-20-11-4-6-18(8-11)14(19)17-13-3-5-16-7-12(13)15/h3,5,7,10-11H,4,6,8-9H2,1-2H3,(H,16,17,19)/t11-/m1/s1. The number of carbonyl (C=O) groups is 1. The first-order chi connectivity index (χ1) is 9.56. The second-order valence-electron chi connectivity index (χ2n) is 5.37. The number of likely N-dealkylation sites (tertiary alicyclic amines) is 1. The zero-order valence-electron chi connectivity index (χ0n) is 11.8. The number of anilines is 1. The predicted molar refractivity (Wildman–Crippen MR) is 74.0 cm³/mol. The summed E-state index contributed by atoms with van der Waals surface area (Å²) in [4.78, 5) is 17.3. The summed E-state index contributed by atoms with van der Waals surface area (Å²) in [6.07, 6.45) is 3.41. The average Bonchev–Trinajstić information content (AvgIpc) is 2.88. The zero-order valence-corrected chi connectivity index (χ0v) is 11.8. The van der Waals surface area contributed by atoms with Gasteiger partial charge in [-0.2, -0.15) is 0 Å². The lowest BCUT2D eigenvalue weighted by molar-refractivity contribution is 0.0440. The van der Waals surface area contributed by atoms with E-state index in [0.29, 0.717) is 25.6 Å². The van der Waals surface area contributed by atoms with Crippen LogP contribution in [-0.4, -0.2) is 41.7 Å². The van der Waals surface area contributed by atoms with Crippen LogP contribution < -0.4 is 5.32 Å². The highest BCUT2D eigenvalue weighted by Gasteiger charge is 2.27. The van der Waals surface area contributed by atoms with Gasteiger partial charge in [0, 0.05) is 25.9 Å². The maximum Gasteiger partial charge on any atom is 0.322 e. The van der Waals surface area contributed by atoms with E-state index in [1.165, 1.54) is 12.3 Å². The van der Waals surface area contributed by atoms with Crippen molar-refractivity contribution in [1.82, 2.24) is 9.88 Å². The van der Waals surface area contributed by atoms with Crippen molar-refractivity contribution in [3.63, 3.8) is 0 Å². The molecule has 1 aliphatic heterocycles. The highest BCUT2D eigenvalue weighted by molar-refractivity contribution is 5.89. The number of pyridine rings is 1. The Morgan fingerprint density at radius 3 is 3.15 bits per heavy atom. The molecule has 0 radical (unpaired) electrons. The van der Waals surface area contributed by atoms with Gasteiger partial charge >= 0.3 is 6.03 Å². The minimum absolute atomic E-state index is 0.0745. The molecule has 6 heteroatoms. The highest BCUT2D eigenvalue weighted by atomic mass is 19.1. The Morgan fingerprint density at radius 1 is 1.65 bits per heavy atom. The Balaban J connectivity index is 1.84. The third-order valence-electron chi connectivity index (χ3n) is 3.11. The van der Waals surface area contributed by atoms with Crippen molar-refractivity contribution in [3.8, 4) is 0 Å². The molecule has 0 aromatic carbocycles. The first-order valence-corrected chi connectivity index (χ1v) is 6.83. The van der Waals surface area contributed by atoms with Gasteiger partial charge in [-0.05, 0) is 18.4 Å². The van der Waals surface area contributed by atoms with Gasteiger partial charge in [0.2, 0.25) is 0 Å². The van der Waals surface area contributed by atoms with Crippen LogP contribution in [0, 0.1) is 11.7 Å². The molecule has 0 bridgehead atoms. The van der Waals surface area contributed by atoms with Gasteiger partial charge in [-0.15, -0.1) is 0 Å². The molecule has 1 aromatic heterocycles. The number of rotatable bonds is 4. The molecule has 2 amide bonds. The number of ether oxygens (including phenoxy) is 1. The third-order valence-corrected chi connectivity index (χ3v) is 3.11. The molecule has 5 nitrogen and oxygen atoms in total. The zero-order chi connectivity index (χ0) is 14.5. The fraction of sp³-hybridized carbons (Fsp3) is 0.571. The van der Waals surface area contributed by atoms with Gasteiger partial charge in [0.05, 0.1) is 18.0 Å². The van der Waals surface area contributed by atoms with Crippen LogP contribution in [0.25, 0.3) is 0 Å². The molecule has 0 aliphatic carbocycles. The predicted octanol–water partition coefficient (Wildman–Crippen LogP) is 2.50. The smallest absolute Gasteiger partial charge is 0.322 e. The molecule has 2 rings (SSSR count). The van der Waals surface area contributed by atoms with Crippen LogP contribution in [0.5, 0.6) is 0 Å². The molecule has 1 atom stereocenters. The molecule has 0 unspecified atom stereocenters. The molecule has 2 heterocycles. The summed E-state index contributed by atoms with van der Waals surface area (Å²) in [5.41, 5.74) is 0.150. The summed E-state index contributed by atoms with van der Waals surface area (Å²) in [5.74, 6) is -0.0588. The topological polar surface area (TPSA) is 54.5 Å². The first-order valence-electron chi connectivity index (χ1n) is 6.83. The van der Waals surface area contributed by atoms with Crippen LogP contribution in [-0.2, 0) is 4.74 Å². The average molecular weight is 281 g/mol. The van der Waals surface area contributed by atoms with E-state index in [-0.39, 0.29) is 17.8 Å². The van der Waals surface area contributed by atoms with Crippen molar-refractivity contribution in [2.45, 2.75) is 26.4 Å². The summed E-state index contributed by atoms with van der Waals surface area (Å²) >= 11 is 0. The van der Waals surface area contributed by atoms with Crippen molar-refractivity contribution < 1.29 is 13.9 Å². The lowest BCUT2D eigenvalue weighted by atomic mass is 10.2. The van der Waals surface area contributed by atoms with Gasteiger partial charge in [-0.3, -0.25) is 4.98 Å². The number of hydrogen-bond donors (Lipinski definition) is 1. The highest BCUT2D eigenvalue weighted by Crippen LogP contribution is 2.17. The second kappa shape index (κ2) is 6.65. The van der Waals surface area contributed by atoms with Gasteiger partial charge < -0.3 is 15.0 Å². The van der Waals surface area contributed by atoms with Gasteiger partial charge in [0.25, 0.3) is 0 Å². The quantitative estimate of drug-likeness (QED) is 0.922. The van der Waals surface area contributed by atoms with Crippen molar-refractivity contribution in [2.24, 2.45) is 5.92 Å². The molecular formula is C14H20FN3O2. The Bertz CT molecular complexity index is 467. The number of carbonyl (C=O) groups excluding carboxylic acids is 1. The number of aromatic nitrogens is 1. The van der Waals surface area contributed by atoms with Crippen molar-refractivity contribution in [3.05, 3.63) is 24.3 Å². The van der Waals surface area contributed by atoms with E-state index in [2.05, 4.69) is 24.1 Å². The number of hydrogen-bond acceptors (Lipinski definition) is 3. The minimum Gasteiger partial charge on any atom is -0.376 e. The Kier molecular flexibility index (Phi) is 4.89. The van der Waals surface area contributed by atoms with Crippen LogP contribution in [0.4, 0.5) is 14.9 Å². The Morgan fingerprint density at radius 2 is 2.45 bits per heavy atom. The molecule has 0 spiro atoms. The lowest BCUT2D eigenvalue weighted by Gasteiger charge is -2.18. The van der Waals surface area contributed by atoms with Crippen LogP contribution in [0.1, 0.15) is 20.3 Å². The largest absolute Gasteiger partial charge is 0.376 e. The van der Waals surface area contributed by atoms with E-state index in [4.69, 9.17) is 4.74 Å². The second-order valence-corrected chi connectivity index (χ2v) is 5.37. The van der Waals surface area contributed by atoms with E-state index in [0.717, 1.165) is 12.6 Å². The Hall–Kier alpha value is -1.69. The van der Waals surface area contributed by atoms with Crippen LogP contribution >= 0.6 is 0 Å². The fourth-order valence-corrected chi connectivity index (χ4v) is 2.05. The molecule has 1 saturated heterocycles. The number of urea groups is 1. The van der Waals surface area contributed by atoms with E-state index in [1.807, 2.05) is 0 Å². The SMILES string of the molecule is CC(C)CO[C@@H]1CCN(C(=O)Nc2ccncc2F)C1. The van der Waals surface area contributed by atoms with Gasteiger partial charge in [0.15, 0.2) is 5.82 Å². The van der Waals surface area contributed by atoms with E-state index in [1.54, 1.807) is 4.90 Å². The number of nitrogens with zero attached hydrogens (tertiary/aromatic N) is 2. The molecule has 20 heavy (non-hydrogen) atoms. The third kappa shape index (κ3) is 3.90. The normalized spacial score (nSPS) is 18.6. The molecule has 1 N–H and O–H groups in total. The molecule has 1 aliphatic rings. The fourth-order valence-electron chi connectivity index (χ4n) is 2.05. The minimum atomic E-state index is -0.535. The van der Waals surface area contributed by atoms with Gasteiger partial charge in [-0.25, -0.2) is 9.18 Å². The lowest BCUT2D eigenvalue weighted by Crippen LogP contribution is -2.34. The molecule has 0 saturated carbocycles. The molecular weight excluding hydrogens is 261 g/mol. The monoisotopic (exact) mass is 281 g/mol. The number of nitrogens with one attached hydrogen (secondary N) is 1. The van der Waals surface area contributed by atoms with Crippen molar-refractivity contribution in [1.29, 1.82) is 0 Å². The summed E-state index contributed by atoms with van der Waals surface area (Å²) in [6.45, 7) is 6.04. The maximum absolute atomic E-state index is 13.4. The van der Waals surface area contributed by atoms with Crippen LogP contribution in [0.3, 0.4) is 0 Å². The first kappa shape index (κ1) is 14.7. The van der Waals surface area contributed by atoms with E-state index in [9.17, 15) is 9.18 Å². The summed E-state index contributed by atoms with van der Waals surface area (Å²) in [5, 5.41) is 2.55. The van der Waals surface area contributed by atoms with Crippen molar-refractivity contribution in [2.75, 3.05) is 25.0 Å². The van der Waals surface area contributed by atoms with Crippen LogP contribution in [0.2, 0.25) is 0 Å². The van der Waals surface area contributed by atoms with E-state index < -0.39 is 5.82 Å². The van der Waals surface area contributed by atoms with Gasteiger partial charge in [-0.1, -0.05) is 13.8 Å². The van der Waals surface area contributed by atoms with E-state index >= 15 is 0 Å². The van der Waals surface area contributed by atoms with Gasteiger partial charge in [0.1, 0.15) is 0 Å². The van der Waals surface area contributed by atoms with Crippen LogP contribution in [0.15, 0.2) is 18.5 Å². The maximum atomic E-state index is 13.4. The molecule has 1 fully saturated rings. The summed E-state index contributed by atoms with van der Waals surface area (Å²) in [7, 11) is 0. The number of halogens is 1. The summed E-state index contributed by atoms with van der Waals surface area (Å²) in [6, 6.07) is 1.14. The number of amides is 2.